The lowest BCUT2D eigenvalue weighted by atomic mass is 10.2. The van der Waals surface area contributed by atoms with Crippen molar-refractivity contribution in [3.8, 4) is 6.07 Å². The SMILES string of the molecule is CCCC(C#N)NS(=O)(=O)c1cc([N+](=O)[O-])c(F)cc1F. The Morgan fingerprint density at radius 1 is 1.43 bits per heavy atom. The molecule has 0 saturated carbocycles. The number of nitrogens with zero attached hydrogens (tertiary/aromatic N) is 2. The van der Waals surface area contributed by atoms with E-state index in [0.29, 0.717) is 6.42 Å². The van der Waals surface area contributed by atoms with Crippen LogP contribution in [-0.4, -0.2) is 19.4 Å². The summed E-state index contributed by atoms with van der Waals surface area (Å²) in [5.41, 5.74) is -1.17. The largest absolute Gasteiger partial charge is 0.306 e. The van der Waals surface area contributed by atoms with Crippen LogP contribution in [0.2, 0.25) is 0 Å². The summed E-state index contributed by atoms with van der Waals surface area (Å²) in [6.07, 6.45) is 0.674. The maximum atomic E-state index is 13.6. The molecule has 114 valence electrons. The van der Waals surface area contributed by atoms with Gasteiger partial charge in [0.1, 0.15) is 16.8 Å². The third kappa shape index (κ3) is 3.93. The highest BCUT2D eigenvalue weighted by molar-refractivity contribution is 7.89. The topological polar surface area (TPSA) is 113 Å². The summed E-state index contributed by atoms with van der Waals surface area (Å²) < 4.78 is 52.5. The molecule has 1 aromatic rings. The molecular formula is C11H11F2N3O4S. The van der Waals surface area contributed by atoms with Gasteiger partial charge in [0.15, 0.2) is 0 Å². The third-order valence-electron chi connectivity index (χ3n) is 2.52. The number of nitriles is 1. The van der Waals surface area contributed by atoms with E-state index in [1.54, 1.807) is 13.0 Å². The highest BCUT2D eigenvalue weighted by Crippen LogP contribution is 2.25. The Morgan fingerprint density at radius 3 is 2.52 bits per heavy atom. The summed E-state index contributed by atoms with van der Waals surface area (Å²) in [5.74, 6) is -2.96. The zero-order chi connectivity index (χ0) is 16.2. The van der Waals surface area contributed by atoms with E-state index >= 15 is 0 Å². The van der Waals surface area contributed by atoms with E-state index in [2.05, 4.69) is 0 Å². The first-order valence-corrected chi connectivity index (χ1v) is 7.26. The first kappa shape index (κ1) is 16.9. The van der Waals surface area contributed by atoms with Gasteiger partial charge in [-0.2, -0.15) is 14.4 Å². The summed E-state index contributed by atoms with van der Waals surface area (Å²) >= 11 is 0. The predicted molar refractivity (Wildman–Crippen MR) is 67.6 cm³/mol. The van der Waals surface area contributed by atoms with Crippen LogP contribution in [0, 0.1) is 33.1 Å². The molecule has 1 N–H and O–H groups in total. The number of halogens is 2. The van der Waals surface area contributed by atoms with Crippen molar-refractivity contribution >= 4 is 15.7 Å². The third-order valence-corrected chi connectivity index (χ3v) is 4.00. The van der Waals surface area contributed by atoms with E-state index in [1.807, 2.05) is 4.72 Å². The van der Waals surface area contributed by atoms with Gasteiger partial charge in [-0.3, -0.25) is 10.1 Å². The monoisotopic (exact) mass is 319 g/mol. The van der Waals surface area contributed by atoms with Crippen molar-refractivity contribution < 1.29 is 22.1 Å². The molecule has 1 aromatic carbocycles. The van der Waals surface area contributed by atoms with Crippen LogP contribution < -0.4 is 4.72 Å². The van der Waals surface area contributed by atoms with Crippen LogP contribution in [0.5, 0.6) is 0 Å². The quantitative estimate of drug-likeness (QED) is 0.635. The van der Waals surface area contributed by atoms with Crippen LogP contribution >= 0.6 is 0 Å². The molecule has 21 heavy (non-hydrogen) atoms. The molecule has 0 aliphatic heterocycles. The summed E-state index contributed by atoms with van der Waals surface area (Å²) in [7, 11) is -4.52. The fraction of sp³-hybridized carbons (Fsp3) is 0.364. The second-order valence-corrected chi connectivity index (χ2v) is 5.77. The van der Waals surface area contributed by atoms with Gasteiger partial charge >= 0.3 is 5.69 Å². The number of benzene rings is 1. The number of nitrogens with one attached hydrogen (secondary N) is 1. The van der Waals surface area contributed by atoms with Gasteiger partial charge in [-0.25, -0.2) is 12.8 Å². The van der Waals surface area contributed by atoms with Gasteiger partial charge in [-0.1, -0.05) is 13.3 Å². The number of sulfonamides is 1. The Morgan fingerprint density at radius 2 is 2.05 bits per heavy atom. The van der Waals surface area contributed by atoms with E-state index in [1.165, 1.54) is 0 Å². The Balaban J connectivity index is 3.29. The first-order valence-electron chi connectivity index (χ1n) is 5.78. The average molecular weight is 319 g/mol. The smallest absolute Gasteiger partial charge is 0.258 e. The van der Waals surface area contributed by atoms with Gasteiger partial charge in [-0.05, 0) is 6.42 Å². The van der Waals surface area contributed by atoms with Crippen LogP contribution in [-0.2, 0) is 10.0 Å². The van der Waals surface area contributed by atoms with Crippen molar-refractivity contribution in [2.75, 3.05) is 0 Å². The van der Waals surface area contributed by atoms with E-state index in [9.17, 15) is 27.3 Å². The molecule has 1 rings (SSSR count). The average Bonchev–Trinajstić information content (AvgIpc) is 2.37. The van der Waals surface area contributed by atoms with E-state index in [-0.39, 0.29) is 18.6 Å². The predicted octanol–water partition coefficient (Wildman–Crippen LogP) is 1.84. The second-order valence-electron chi connectivity index (χ2n) is 4.08. The van der Waals surface area contributed by atoms with E-state index in [0.717, 1.165) is 0 Å². The molecule has 0 bridgehead atoms. The van der Waals surface area contributed by atoms with Gasteiger partial charge in [0.2, 0.25) is 15.8 Å². The normalized spacial score (nSPS) is 12.7. The maximum Gasteiger partial charge on any atom is 0.306 e. The van der Waals surface area contributed by atoms with Crippen molar-refractivity contribution in [2.45, 2.75) is 30.7 Å². The van der Waals surface area contributed by atoms with E-state index < -0.39 is 43.2 Å². The van der Waals surface area contributed by atoms with Crippen molar-refractivity contribution in [2.24, 2.45) is 0 Å². The second kappa shape index (κ2) is 6.55. The van der Waals surface area contributed by atoms with E-state index in [4.69, 9.17) is 5.26 Å². The molecule has 0 aliphatic carbocycles. The number of hydrogen-bond acceptors (Lipinski definition) is 5. The molecule has 10 heteroatoms. The molecule has 0 heterocycles. The van der Waals surface area contributed by atoms with Crippen LogP contribution in [0.4, 0.5) is 14.5 Å². The van der Waals surface area contributed by atoms with Crippen LogP contribution in [0.1, 0.15) is 19.8 Å². The van der Waals surface area contributed by atoms with Gasteiger partial charge in [-0.15, -0.1) is 0 Å². The number of hydrogen-bond donors (Lipinski definition) is 1. The van der Waals surface area contributed by atoms with Gasteiger partial charge < -0.3 is 0 Å². The summed E-state index contributed by atoms with van der Waals surface area (Å²) in [6, 6.07) is 0.973. The maximum absolute atomic E-state index is 13.6. The van der Waals surface area contributed by atoms with Crippen LogP contribution in [0.3, 0.4) is 0 Å². The summed E-state index contributed by atoms with van der Waals surface area (Å²) in [5, 5.41) is 19.4. The first-order chi connectivity index (χ1) is 9.72. The molecule has 1 unspecified atom stereocenters. The highest BCUT2D eigenvalue weighted by Gasteiger charge is 2.28. The molecule has 0 amide bonds. The molecule has 7 nitrogen and oxygen atoms in total. The Kier molecular flexibility index (Phi) is 5.28. The van der Waals surface area contributed by atoms with Crippen LogP contribution in [0.15, 0.2) is 17.0 Å². The Labute approximate surface area is 119 Å². The lowest BCUT2D eigenvalue weighted by molar-refractivity contribution is -0.387. The molecule has 0 aromatic heterocycles. The fourth-order valence-corrected chi connectivity index (χ4v) is 2.81. The molecule has 0 radical (unpaired) electrons. The minimum absolute atomic E-state index is 0.119. The minimum Gasteiger partial charge on any atom is -0.258 e. The molecule has 0 aliphatic rings. The number of rotatable bonds is 6. The minimum atomic E-state index is -4.52. The number of nitro benzene ring substituents is 1. The van der Waals surface area contributed by atoms with Gasteiger partial charge in [0.25, 0.3) is 0 Å². The Hall–Kier alpha value is -2.12. The van der Waals surface area contributed by atoms with Gasteiger partial charge in [0.05, 0.1) is 11.0 Å². The molecule has 0 saturated heterocycles. The Bertz CT molecular complexity index is 700. The van der Waals surface area contributed by atoms with Crippen LogP contribution in [0.25, 0.3) is 0 Å². The lowest BCUT2D eigenvalue weighted by Crippen LogP contribution is -2.34. The van der Waals surface area contributed by atoms with Crippen molar-refractivity contribution in [1.82, 2.24) is 4.72 Å². The molecule has 0 spiro atoms. The molecular weight excluding hydrogens is 308 g/mol. The van der Waals surface area contributed by atoms with Crippen molar-refractivity contribution in [3.63, 3.8) is 0 Å². The summed E-state index contributed by atoms with van der Waals surface area (Å²) in [4.78, 5) is 8.33. The zero-order valence-corrected chi connectivity index (χ0v) is 11.7. The fourth-order valence-electron chi connectivity index (χ4n) is 1.55. The zero-order valence-electron chi connectivity index (χ0n) is 10.8. The van der Waals surface area contributed by atoms with Crippen molar-refractivity contribution in [1.29, 1.82) is 5.26 Å². The van der Waals surface area contributed by atoms with Crippen molar-refractivity contribution in [3.05, 3.63) is 33.9 Å². The standard InChI is InChI=1S/C11H11F2N3O4S/c1-2-3-7(6-14)15-21(19,20)11-5-10(16(17)18)8(12)4-9(11)13/h4-5,7,15H,2-3H2,1H3. The molecule has 1 atom stereocenters. The molecule has 0 fully saturated rings. The summed E-state index contributed by atoms with van der Waals surface area (Å²) in [6.45, 7) is 1.71. The highest BCUT2D eigenvalue weighted by atomic mass is 32.2. The lowest BCUT2D eigenvalue weighted by Gasteiger charge is -2.11. The number of nitro groups is 1. The van der Waals surface area contributed by atoms with Gasteiger partial charge in [0, 0.05) is 12.1 Å².